The number of nitrogens with zero attached hydrogens (tertiary/aromatic N) is 1. The standard InChI is InChI=1S/C22H23NO4S/c1-15-9-10-19(28-15)20-17(21(24)26-2)13-23(14-18(20)22(25)27-3)12-11-16-7-5-4-6-8-16/h4-10,13-14,20H,11-12H2,1-3H3. The molecule has 5 nitrogen and oxygen atoms in total. The van der Waals surface area contributed by atoms with Gasteiger partial charge >= 0.3 is 11.9 Å². The molecule has 1 aliphatic heterocycles. The normalized spacial score (nSPS) is 14.3. The van der Waals surface area contributed by atoms with Crippen molar-refractivity contribution >= 4 is 23.3 Å². The Bertz CT molecular complexity index is 880. The van der Waals surface area contributed by atoms with Crippen molar-refractivity contribution in [3.63, 3.8) is 0 Å². The number of ether oxygens (including phenoxy) is 2. The van der Waals surface area contributed by atoms with Gasteiger partial charge in [-0.2, -0.15) is 0 Å². The van der Waals surface area contributed by atoms with E-state index in [1.165, 1.54) is 19.8 Å². The van der Waals surface area contributed by atoms with Crippen molar-refractivity contribution in [3.05, 3.63) is 81.3 Å². The van der Waals surface area contributed by atoms with Gasteiger partial charge in [0.25, 0.3) is 0 Å². The Kier molecular flexibility index (Phi) is 6.31. The summed E-state index contributed by atoms with van der Waals surface area (Å²) in [5.74, 6) is -1.39. The van der Waals surface area contributed by atoms with Crippen LogP contribution >= 0.6 is 11.3 Å². The first kappa shape index (κ1) is 19.9. The highest BCUT2D eigenvalue weighted by molar-refractivity contribution is 7.12. The summed E-state index contributed by atoms with van der Waals surface area (Å²) in [5, 5.41) is 0. The van der Waals surface area contributed by atoms with E-state index < -0.39 is 17.9 Å². The van der Waals surface area contributed by atoms with Crippen LogP contribution in [-0.4, -0.2) is 37.6 Å². The van der Waals surface area contributed by atoms with Crippen molar-refractivity contribution in [3.8, 4) is 0 Å². The zero-order valence-electron chi connectivity index (χ0n) is 16.2. The number of aryl methyl sites for hydroxylation is 1. The van der Waals surface area contributed by atoms with Gasteiger partial charge in [0.05, 0.1) is 31.3 Å². The number of hydrogen-bond acceptors (Lipinski definition) is 6. The lowest BCUT2D eigenvalue weighted by Crippen LogP contribution is -2.29. The SMILES string of the molecule is COC(=O)C1=CN(CCc2ccccc2)C=C(C(=O)OC)C1c1ccc(C)s1. The molecule has 0 spiro atoms. The summed E-state index contributed by atoms with van der Waals surface area (Å²) < 4.78 is 10.0. The highest BCUT2D eigenvalue weighted by Gasteiger charge is 2.35. The lowest BCUT2D eigenvalue weighted by Gasteiger charge is -2.29. The van der Waals surface area contributed by atoms with Crippen LogP contribution in [0.5, 0.6) is 0 Å². The third kappa shape index (κ3) is 4.34. The number of thiophene rings is 1. The van der Waals surface area contributed by atoms with E-state index in [2.05, 4.69) is 12.1 Å². The average molecular weight is 397 g/mol. The molecule has 0 saturated carbocycles. The van der Waals surface area contributed by atoms with Crippen molar-refractivity contribution in [2.24, 2.45) is 0 Å². The Labute approximate surface area is 168 Å². The maximum Gasteiger partial charge on any atom is 0.336 e. The van der Waals surface area contributed by atoms with E-state index in [4.69, 9.17) is 9.47 Å². The minimum atomic E-state index is -0.494. The van der Waals surface area contributed by atoms with Gasteiger partial charge < -0.3 is 14.4 Å². The summed E-state index contributed by atoms with van der Waals surface area (Å²) in [6, 6.07) is 14.0. The molecule has 0 saturated heterocycles. The number of carbonyl (C=O) groups is 2. The van der Waals surface area contributed by atoms with E-state index in [1.807, 2.05) is 42.2 Å². The van der Waals surface area contributed by atoms with E-state index in [-0.39, 0.29) is 0 Å². The number of esters is 2. The van der Waals surface area contributed by atoms with Gasteiger partial charge in [0.2, 0.25) is 0 Å². The molecular weight excluding hydrogens is 374 g/mol. The van der Waals surface area contributed by atoms with Gasteiger partial charge in [-0.3, -0.25) is 0 Å². The van der Waals surface area contributed by atoms with Crippen LogP contribution < -0.4 is 0 Å². The molecule has 3 rings (SSSR count). The first-order chi connectivity index (χ1) is 13.5. The lowest BCUT2D eigenvalue weighted by molar-refractivity contribution is -0.137. The summed E-state index contributed by atoms with van der Waals surface area (Å²) >= 11 is 1.55. The fourth-order valence-corrected chi connectivity index (χ4v) is 4.25. The van der Waals surface area contributed by atoms with Crippen LogP contribution in [-0.2, 0) is 25.5 Å². The van der Waals surface area contributed by atoms with E-state index in [0.717, 1.165) is 16.2 Å². The molecule has 0 bridgehead atoms. The van der Waals surface area contributed by atoms with Crippen LogP contribution in [0.4, 0.5) is 0 Å². The smallest absolute Gasteiger partial charge is 0.336 e. The van der Waals surface area contributed by atoms with E-state index in [0.29, 0.717) is 17.7 Å². The molecule has 0 aliphatic carbocycles. The highest BCUT2D eigenvalue weighted by atomic mass is 32.1. The van der Waals surface area contributed by atoms with Gasteiger partial charge in [0.15, 0.2) is 0 Å². The topological polar surface area (TPSA) is 55.8 Å². The third-order valence-corrected chi connectivity index (χ3v) is 5.69. The second-order valence-electron chi connectivity index (χ2n) is 6.51. The van der Waals surface area contributed by atoms with Crippen molar-refractivity contribution in [2.45, 2.75) is 19.3 Å². The monoisotopic (exact) mass is 397 g/mol. The molecule has 0 N–H and O–H groups in total. The number of carbonyl (C=O) groups excluding carboxylic acids is 2. The molecule has 6 heteroatoms. The lowest BCUT2D eigenvalue weighted by atomic mass is 9.88. The molecule has 1 aromatic heterocycles. The largest absolute Gasteiger partial charge is 0.466 e. The quantitative estimate of drug-likeness (QED) is 0.694. The molecule has 1 aliphatic rings. The van der Waals surface area contributed by atoms with Gasteiger partial charge in [-0.25, -0.2) is 9.59 Å². The maximum atomic E-state index is 12.5. The maximum absolute atomic E-state index is 12.5. The average Bonchev–Trinajstić information content (AvgIpc) is 3.16. The number of rotatable bonds is 6. The summed E-state index contributed by atoms with van der Waals surface area (Å²) in [7, 11) is 2.70. The van der Waals surface area contributed by atoms with Crippen LogP contribution in [0.3, 0.4) is 0 Å². The van der Waals surface area contributed by atoms with Crippen LogP contribution in [0.25, 0.3) is 0 Å². The molecule has 0 fully saturated rings. The molecule has 2 aromatic rings. The molecule has 1 aromatic carbocycles. The van der Waals surface area contributed by atoms with Crippen LogP contribution in [0.2, 0.25) is 0 Å². The molecule has 0 unspecified atom stereocenters. The fraction of sp³-hybridized carbons (Fsp3) is 0.273. The number of hydrogen-bond donors (Lipinski definition) is 0. The Morgan fingerprint density at radius 2 is 1.57 bits per heavy atom. The van der Waals surface area contributed by atoms with Gasteiger partial charge in [-0.15, -0.1) is 11.3 Å². The minimum Gasteiger partial charge on any atom is -0.466 e. The Morgan fingerprint density at radius 3 is 2.07 bits per heavy atom. The van der Waals surface area contributed by atoms with Gasteiger partial charge in [0.1, 0.15) is 0 Å². The summed E-state index contributed by atoms with van der Waals surface area (Å²) in [6.07, 6.45) is 4.33. The first-order valence-corrected chi connectivity index (χ1v) is 9.81. The summed E-state index contributed by atoms with van der Waals surface area (Å²) in [4.78, 5) is 29.0. The predicted octanol–water partition coefficient (Wildman–Crippen LogP) is 3.81. The molecular formula is C22H23NO4S. The molecule has 0 atom stereocenters. The zero-order valence-corrected chi connectivity index (χ0v) is 17.0. The van der Waals surface area contributed by atoms with Crippen molar-refractivity contribution < 1.29 is 19.1 Å². The molecule has 0 radical (unpaired) electrons. The fourth-order valence-electron chi connectivity index (χ4n) is 3.24. The van der Waals surface area contributed by atoms with Crippen LogP contribution in [0.15, 0.2) is 66.0 Å². The molecule has 146 valence electrons. The number of benzene rings is 1. The van der Waals surface area contributed by atoms with Gasteiger partial charge in [0, 0.05) is 28.7 Å². The predicted molar refractivity (Wildman–Crippen MR) is 109 cm³/mol. The van der Waals surface area contributed by atoms with Crippen LogP contribution in [0, 0.1) is 6.92 Å². The Morgan fingerprint density at radius 1 is 0.964 bits per heavy atom. The third-order valence-electron chi connectivity index (χ3n) is 4.62. The second-order valence-corrected chi connectivity index (χ2v) is 7.83. The molecule has 0 amide bonds. The molecule has 2 heterocycles. The first-order valence-electron chi connectivity index (χ1n) is 8.99. The van der Waals surface area contributed by atoms with Crippen molar-refractivity contribution in [1.29, 1.82) is 0 Å². The second kappa shape index (κ2) is 8.89. The zero-order chi connectivity index (χ0) is 20.1. The van der Waals surface area contributed by atoms with E-state index in [1.54, 1.807) is 23.7 Å². The van der Waals surface area contributed by atoms with E-state index >= 15 is 0 Å². The minimum absolute atomic E-state index is 0.431. The van der Waals surface area contributed by atoms with Crippen molar-refractivity contribution in [2.75, 3.05) is 20.8 Å². The van der Waals surface area contributed by atoms with Crippen LogP contribution in [0.1, 0.15) is 21.2 Å². The molecule has 28 heavy (non-hydrogen) atoms. The Balaban J connectivity index is 1.96. The highest BCUT2D eigenvalue weighted by Crippen LogP contribution is 2.40. The number of methoxy groups -OCH3 is 2. The van der Waals surface area contributed by atoms with E-state index in [9.17, 15) is 9.59 Å². The van der Waals surface area contributed by atoms with Gasteiger partial charge in [-0.05, 0) is 31.0 Å². The Hall–Kier alpha value is -2.86. The van der Waals surface area contributed by atoms with Gasteiger partial charge in [-0.1, -0.05) is 30.3 Å². The summed E-state index contributed by atoms with van der Waals surface area (Å²) in [6.45, 7) is 2.62. The van der Waals surface area contributed by atoms with Crippen molar-refractivity contribution in [1.82, 2.24) is 4.90 Å². The summed E-state index contributed by atoms with van der Waals surface area (Å²) in [5.41, 5.74) is 2.04.